The molecule has 0 spiro atoms. The molecule has 0 amide bonds. The summed E-state index contributed by atoms with van der Waals surface area (Å²) in [6, 6.07) is 3.50. The van der Waals surface area contributed by atoms with E-state index in [0.29, 0.717) is 9.37 Å². The van der Waals surface area contributed by atoms with E-state index in [2.05, 4.69) is 50.4 Å². The number of hydrogen-bond acceptors (Lipinski definition) is 2. The van der Waals surface area contributed by atoms with Crippen molar-refractivity contribution in [3.63, 3.8) is 0 Å². The third-order valence-electron chi connectivity index (χ3n) is 3.79. The normalized spacial score (nSPS) is 22.1. The Hall–Kier alpha value is 0.0900. The van der Waals surface area contributed by atoms with Crippen molar-refractivity contribution in [2.24, 2.45) is 5.41 Å². The largest absolute Gasteiger partial charge is 0.241 e. The molecule has 0 saturated heterocycles. The molecule has 0 aromatic heterocycles. The van der Waals surface area contributed by atoms with Crippen molar-refractivity contribution in [2.45, 2.75) is 51.0 Å². The number of nitrogens with one attached hydrogen (secondary N) is 1. The van der Waals surface area contributed by atoms with Gasteiger partial charge in [0.2, 0.25) is 10.0 Å². The Labute approximate surface area is 137 Å². The van der Waals surface area contributed by atoms with E-state index in [4.69, 9.17) is 0 Å². The van der Waals surface area contributed by atoms with Crippen LogP contribution in [-0.2, 0) is 10.0 Å². The lowest BCUT2D eigenvalue weighted by Crippen LogP contribution is -2.33. The number of aryl methyl sites for hydroxylation is 1. The van der Waals surface area contributed by atoms with Crippen molar-refractivity contribution < 1.29 is 8.42 Å². The molecule has 0 bridgehead atoms. The lowest BCUT2D eigenvalue weighted by atomic mass is 9.92. The summed E-state index contributed by atoms with van der Waals surface area (Å²) in [5.74, 6) is 0. The van der Waals surface area contributed by atoms with Crippen LogP contribution < -0.4 is 4.72 Å². The molecule has 112 valence electrons. The van der Waals surface area contributed by atoms with Gasteiger partial charge in [-0.05, 0) is 65.2 Å². The standard InChI is InChI=1S/C14H19Br2NO2S/c1-9-6-12(16)13(7-11(9)15)20(18,19)17-10-4-5-14(2,3)8-10/h6-7,10,17H,4-5,8H2,1-3H3. The lowest BCUT2D eigenvalue weighted by Gasteiger charge is -2.18. The number of sulfonamides is 1. The maximum absolute atomic E-state index is 12.5. The first kappa shape index (κ1) is 16.5. The molecule has 6 heteroatoms. The molecule has 1 unspecified atom stereocenters. The molecule has 1 aromatic carbocycles. The van der Waals surface area contributed by atoms with Gasteiger partial charge in [-0.1, -0.05) is 29.8 Å². The average molecular weight is 425 g/mol. The molecule has 3 nitrogen and oxygen atoms in total. The summed E-state index contributed by atoms with van der Waals surface area (Å²) in [4.78, 5) is 0.291. The Morgan fingerprint density at radius 3 is 2.45 bits per heavy atom. The predicted molar refractivity (Wildman–Crippen MR) is 88.3 cm³/mol. The lowest BCUT2D eigenvalue weighted by molar-refractivity contribution is 0.372. The van der Waals surface area contributed by atoms with E-state index in [0.717, 1.165) is 29.3 Å². The zero-order valence-corrected chi connectivity index (χ0v) is 15.8. The first-order valence-corrected chi connectivity index (χ1v) is 9.66. The summed E-state index contributed by atoms with van der Waals surface area (Å²) in [6.45, 7) is 6.29. The molecule has 1 N–H and O–H groups in total. The van der Waals surface area contributed by atoms with Crippen molar-refractivity contribution in [2.75, 3.05) is 0 Å². The molecule has 20 heavy (non-hydrogen) atoms. The molecule has 1 atom stereocenters. The van der Waals surface area contributed by atoms with Crippen molar-refractivity contribution in [1.82, 2.24) is 4.72 Å². The van der Waals surface area contributed by atoms with Crippen LogP contribution in [0.1, 0.15) is 38.7 Å². The highest BCUT2D eigenvalue weighted by molar-refractivity contribution is 9.11. The van der Waals surface area contributed by atoms with Crippen LogP contribution in [0.2, 0.25) is 0 Å². The van der Waals surface area contributed by atoms with Crippen LogP contribution in [0.15, 0.2) is 26.0 Å². The van der Waals surface area contributed by atoms with Gasteiger partial charge in [0.25, 0.3) is 0 Å². The summed E-state index contributed by atoms with van der Waals surface area (Å²) in [7, 11) is -3.49. The van der Waals surface area contributed by atoms with Gasteiger partial charge < -0.3 is 0 Å². The Morgan fingerprint density at radius 2 is 1.90 bits per heavy atom. The molecule has 1 fully saturated rings. The zero-order chi connectivity index (χ0) is 15.1. The fourth-order valence-electron chi connectivity index (χ4n) is 2.65. The summed E-state index contributed by atoms with van der Waals surface area (Å²) in [6.07, 6.45) is 2.84. The van der Waals surface area contributed by atoms with Crippen LogP contribution in [0.4, 0.5) is 0 Å². The van der Waals surface area contributed by atoms with E-state index in [1.165, 1.54) is 0 Å². The van der Waals surface area contributed by atoms with Gasteiger partial charge in [0.1, 0.15) is 0 Å². The average Bonchev–Trinajstić information content (AvgIpc) is 2.62. The molecular weight excluding hydrogens is 406 g/mol. The van der Waals surface area contributed by atoms with Gasteiger partial charge in [-0.15, -0.1) is 0 Å². The first-order chi connectivity index (χ1) is 9.11. The van der Waals surface area contributed by atoms with Crippen LogP contribution in [0.5, 0.6) is 0 Å². The van der Waals surface area contributed by atoms with Gasteiger partial charge in [0.15, 0.2) is 0 Å². The van der Waals surface area contributed by atoms with Gasteiger partial charge in [-0.25, -0.2) is 13.1 Å². The van der Waals surface area contributed by atoms with Crippen molar-refractivity contribution in [1.29, 1.82) is 0 Å². The number of benzene rings is 1. The van der Waals surface area contributed by atoms with Gasteiger partial charge in [0.05, 0.1) is 4.90 Å². The minimum atomic E-state index is -3.49. The molecule has 1 saturated carbocycles. The van der Waals surface area contributed by atoms with Crippen LogP contribution in [0, 0.1) is 12.3 Å². The number of rotatable bonds is 3. The third kappa shape index (κ3) is 3.64. The van der Waals surface area contributed by atoms with Gasteiger partial charge >= 0.3 is 0 Å². The molecular formula is C14H19Br2NO2S. The highest BCUT2D eigenvalue weighted by Gasteiger charge is 2.34. The summed E-state index contributed by atoms with van der Waals surface area (Å²) < 4.78 is 29.3. The fraction of sp³-hybridized carbons (Fsp3) is 0.571. The monoisotopic (exact) mass is 423 g/mol. The Balaban J connectivity index is 2.26. The Bertz CT molecular complexity index is 626. The predicted octanol–water partition coefficient (Wildman–Crippen LogP) is 4.38. The fourth-order valence-corrected chi connectivity index (χ4v) is 5.60. The topological polar surface area (TPSA) is 46.2 Å². The molecule has 0 heterocycles. The first-order valence-electron chi connectivity index (χ1n) is 6.59. The van der Waals surface area contributed by atoms with E-state index in [9.17, 15) is 8.42 Å². The number of hydrogen-bond donors (Lipinski definition) is 1. The second kappa shape index (κ2) is 5.71. The van der Waals surface area contributed by atoms with Crippen molar-refractivity contribution in [3.05, 3.63) is 26.6 Å². The van der Waals surface area contributed by atoms with E-state index in [1.807, 2.05) is 13.0 Å². The second-order valence-electron chi connectivity index (χ2n) is 6.26. The molecule has 0 radical (unpaired) electrons. The summed E-state index contributed by atoms with van der Waals surface area (Å²) >= 11 is 6.74. The van der Waals surface area contributed by atoms with Gasteiger partial charge in [-0.3, -0.25) is 0 Å². The van der Waals surface area contributed by atoms with Crippen molar-refractivity contribution in [3.8, 4) is 0 Å². The van der Waals surface area contributed by atoms with Gasteiger partial charge in [-0.2, -0.15) is 0 Å². The van der Waals surface area contributed by atoms with E-state index in [-0.39, 0.29) is 11.5 Å². The third-order valence-corrected chi connectivity index (χ3v) is 7.13. The maximum atomic E-state index is 12.5. The van der Waals surface area contributed by atoms with Crippen LogP contribution in [0.3, 0.4) is 0 Å². The molecule has 1 aliphatic carbocycles. The molecule has 2 rings (SSSR count). The van der Waals surface area contributed by atoms with Crippen molar-refractivity contribution >= 4 is 41.9 Å². The van der Waals surface area contributed by atoms with E-state index >= 15 is 0 Å². The molecule has 1 aliphatic rings. The maximum Gasteiger partial charge on any atom is 0.241 e. The Morgan fingerprint density at radius 1 is 1.25 bits per heavy atom. The van der Waals surface area contributed by atoms with E-state index < -0.39 is 10.0 Å². The molecule has 1 aromatic rings. The summed E-state index contributed by atoms with van der Waals surface area (Å²) in [5.41, 5.74) is 1.22. The van der Waals surface area contributed by atoms with Crippen LogP contribution in [-0.4, -0.2) is 14.5 Å². The quantitative estimate of drug-likeness (QED) is 0.782. The van der Waals surface area contributed by atoms with Crippen LogP contribution in [0.25, 0.3) is 0 Å². The highest BCUT2D eigenvalue weighted by atomic mass is 79.9. The highest BCUT2D eigenvalue weighted by Crippen LogP contribution is 2.38. The van der Waals surface area contributed by atoms with Crippen LogP contribution >= 0.6 is 31.9 Å². The second-order valence-corrected chi connectivity index (χ2v) is 9.65. The minimum absolute atomic E-state index is 0.0296. The van der Waals surface area contributed by atoms with E-state index in [1.54, 1.807) is 6.07 Å². The SMILES string of the molecule is Cc1cc(Br)c(S(=O)(=O)NC2CCC(C)(C)C2)cc1Br. The zero-order valence-electron chi connectivity index (χ0n) is 11.8. The summed E-state index contributed by atoms with van der Waals surface area (Å²) in [5, 5.41) is 0. The Kier molecular flexibility index (Phi) is 4.70. The molecule has 0 aliphatic heterocycles. The minimum Gasteiger partial charge on any atom is -0.208 e. The van der Waals surface area contributed by atoms with Gasteiger partial charge in [0, 0.05) is 15.0 Å². The number of halogens is 2. The smallest absolute Gasteiger partial charge is 0.208 e.